The molecule has 0 spiro atoms. The number of nitrogens with zero attached hydrogens (tertiary/aromatic N) is 2. The quantitative estimate of drug-likeness (QED) is 0.910. The number of para-hydroxylation sites is 2. The summed E-state index contributed by atoms with van der Waals surface area (Å²) in [5.41, 5.74) is 2.08. The van der Waals surface area contributed by atoms with Crippen molar-refractivity contribution in [3.63, 3.8) is 0 Å². The molecule has 0 radical (unpaired) electrons. The molecule has 1 amide bonds. The first-order chi connectivity index (χ1) is 9.31. The molecule has 2 aliphatic carbocycles. The molecule has 98 valence electrons. The van der Waals surface area contributed by atoms with E-state index < -0.39 is 0 Å². The van der Waals surface area contributed by atoms with Crippen LogP contribution in [0, 0.1) is 0 Å². The van der Waals surface area contributed by atoms with E-state index >= 15 is 0 Å². The van der Waals surface area contributed by atoms with Gasteiger partial charge in [0.25, 0.3) is 0 Å². The number of carbonyl (C=O) groups is 1. The Bertz CT molecular complexity index is 638. The molecule has 1 N–H and O–H groups in total. The zero-order valence-corrected chi connectivity index (χ0v) is 10.8. The molecule has 0 aliphatic heterocycles. The Morgan fingerprint density at radius 1 is 1.26 bits per heavy atom. The van der Waals surface area contributed by atoms with Crippen molar-refractivity contribution in [2.45, 2.75) is 44.2 Å². The van der Waals surface area contributed by atoms with Crippen LogP contribution in [0.15, 0.2) is 24.3 Å². The number of aromatic nitrogens is 2. The van der Waals surface area contributed by atoms with Crippen molar-refractivity contribution in [3.8, 4) is 0 Å². The Kier molecular flexibility index (Phi) is 2.37. The van der Waals surface area contributed by atoms with Crippen LogP contribution in [-0.4, -0.2) is 21.5 Å². The van der Waals surface area contributed by atoms with E-state index in [-0.39, 0.29) is 5.91 Å². The Morgan fingerprint density at radius 2 is 2.05 bits per heavy atom. The maximum atomic E-state index is 12.0. The van der Waals surface area contributed by atoms with Gasteiger partial charge in [-0.25, -0.2) is 4.98 Å². The molecule has 4 nitrogen and oxygen atoms in total. The molecule has 1 aromatic carbocycles. The second-order valence-corrected chi connectivity index (χ2v) is 5.66. The van der Waals surface area contributed by atoms with E-state index in [0.717, 1.165) is 29.7 Å². The fraction of sp³-hybridized carbons (Fsp3) is 0.467. The van der Waals surface area contributed by atoms with Gasteiger partial charge in [0.15, 0.2) is 0 Å². The molecule has 19 heavy (non-hydrogen) atoms. The predicted molar refractivity (Wildman–Crippen MR) is 72.9 cm³/mol. The van der Waals surface area contributed by atoms with E-state index in [1.165, 1.54) is 12.8 Å². The lowest BCUT2D eigenvalue weighted by Crippen LogP contribution is -2.29. The summed E-state index contributed by atoms with van der Waals surface area (Å²) in [4.78, 5) is 16.7. The smallest absolute Gasteiger partial charge is 0.240 e. The van der Waals surface area contributed by atoms with Gasteiger partial charge in [0.2, 0.25) is 5.91 Å². The number of amides is 1. The summed E-state index contributed by atoms with van der Waals surface area (Å²) in [6, 6.07) is 8.51. The largest absolute Gasteiger partial charge is 0.352 e. The van der Waals surface area contributed by atoms with Gasteiger partial charge in [0.1, 0.15) is 12.4 Å². The molecule has 2 aliphatic rings. The maximum Gasteiger partial charge on any atom is 0.240 e. The SMILES string of the molecule is O=C(Cn1c(C2CC2)nc2ccccc21)NC1CC1. The van der Waals surface area contributed by atoms with E-state index in [2.05, 4.69) is 16.0 Å². The second kappa shape index (κ2) is 4.08. The van der Waals surface area contributed by atoms with Crippen LogP contribution in [-0.2, 0) is 11.3 Å². The Labute approximate surface area is 111 Å². The third-order valence-corrected chi connectivity index (χ3v) is 3.87. The molecule has 0 bridgehead atoms. The van der Waals surface area contributed by atoms with Crippen molar-refractivity contribution >= 4 is 16.9 Å². The number of benzene rings is 1. The number of rotatable bonds is 4. The highest BCUT2D eigenvalue weighted by atomic mass is 16.2. The number of nitrogens with one attached hydrogen (secondary N) is 1. The first-order valence-corrected chi connectivity index (χ1v) is 7.06. The Balaban J connectivity index is 1.69. The first-order valence-electron chi connectivity index (χ1n) is 7.06. The second-order valence-electron chi connectivity index (χ2n) is 5.66. The Hall–Kier alpha value is -1.84. The minimum absolute atomic E-state index is 0.118. The van der Waals surface area contributed by atoms with Crippen molar-refractivity contribution < 1.29 is 4.79 Å². The molecule has 2 saturated carbocycles. The summed E-state index contributed by atoms with van der Waals surface area (Å²) in [5, 5.41) is 3.06. The number of imidazole rings is 1. The topological polar surface area (TPSA) is 46.9 Å². The predicted octanol–water partition coefficient (Wildman–Crippen LogP) is 2.19. The highest BCUT2D eigenvalue weighted by Crippen LogP contribution is 2.40. The minimum Gasteiger partial charge on any atom is -0.352 e. The lowest BCUT2D eigenvalue weighted by atomic mass is 10.3. The van der Waals surface area contributed by atoms with Crippen molar-refractivity contribution in [2.24, 2.45) is 0 Å². The van der Waals surface area contributed by atoms with Gasteiger partial charge in [-0.3, -0.25) is 4.79 Å². The summed E-state index contributed by atoms with van der Waals surface area (Å²) in [7, 11) is 0. The van der Waals surface area contributed by atoms with Gasteiger partial charge in [-0.15, -0.1) is 0 Å². The van der Waals surface area contributed by atoms with E-state index in [4.69, 9.17) is 4.98 Å². The zero-order chi connectivity index (χ0) is 12.8. The molecule has 0 unspecified atom stereocenters. The molecule has 1 heterocycles. The number of hydrogen-bond donors (Lipinski definition) is 1. The fourth-order valence-electron chi connectivity index (χ4n) is 2.56. The molecule has 1 aromatic heterocycles. The van der Waals surface area contributed by atoms with Crippen LogP contribution in [0.2, 0.25) is 0 Å². The summed E-state index contributed by atoms with van der Waals surface area (Å²) in [6.45, 7) is 0.406. The van der Waals surface area contributed by atoms with Crippen LogP contribution in [0.4, 0.5) is 0 Å². The normalized spacial score (nSPS) is 18.7. The van der Waals surface area contributed by atoms with E-state index in [1.54, 1.807) is 0 Å². The van der Waals surface area contributed by atoms with E-state index in [1.807, 2.05) is 18.2 Å². The number of carbonyl (C=O) groups excluding carboxylic acids is 1. The molecule has 4 heteroatoms. The van der Waals surface area contributed by atoms with Gasteiger partial charge >= 0.3 is 0 Å². The lowest BCUT2D eigenvalue weighted by Gasteiger charge is -2.08. The molecule has 4 rings (SSSR count). The standard InChI is InChI=1S/C15H17N3O/c19-14(16-11-7-8-11)9-18-13-4-2-1-3-12(13)17-15(18)10-5-6-10/h1-4,10-11H,5-9H2,(H,16,19). The van der Waals surface area contributed by atoms with Crippen molar-refractivity contribution in [1.82, 2.24) is 14.9 Å². The van der Waals surface area contributed by atoms with E-state index in [9.17, 15) is 4.79 Å². The fourth-order valence-corrected chi connectivity index (χ4v) is 2.56. The third kappa shape index (κ3) is 2.11. The van der Waals surface area contributed by atoms with Crippen LogP contribution in [0.25, 0.3) is 11.0 Å². The molecule has 2 fully saturated rings. The molecular formula is C15H17N3O. The van der Waals surface area contributed by atoms with E-state index in [0.29, 0.717) is 18.5 Å². The number of fused-ring (bicyclic) bond motifs is 1. The minimum atomic E-state index is 0.118. The van der Waals surface area contributed by atoms with Gasteiger partial charge in [-0.2, -0.15) is 0 Å². The summed E-state index contributed by atoms with van der Waals surface area (Å²) in [5.74, 6) is 1.76. The van der Waals surface area contributed by atoms with Crippen LogP contribution >= 0.6 is 0 Å². The molecule has 2 aromatic rings. The molecular weight excluding hydrogens is 238 g/mol. The van der Waals surface area contributed by atoms with Crippen LogP contribution in [0.1, 0.15) is 37.4 Å². The third-order valence-electron chi connectivity index (χ3n) is 3.87. The zero-order valence-electron chi connectivity index (χ0n) is 10.8. The average Bonchev–Trinajstić information content (AvgIpc) is 3.30. The maximum absolute atomic E-state index is 12.0. The van der Waals surface area contributed by atoms with Crippen molar-refractivity contribution in [2.75, 3.05) is 0 Å². The van der Waals surface area contributed by atoms with Gasteiger partial charge in [-0.1, -0.05) is 12.1 Å². The van der Waals surface area contributed by atoms with Gasteiger partial charge in [0.05, 0.1) is 11.0 Å². The highest BCUT2D eigenvalue weighted by Gasteiger charge is 2.30. The van der Waals surface area contributed by atoms with Crippen molar-refractivity contribution in [1.29, 1.82) is 0 Å². The molecule has 0 saturated heterocycles. The van der Waals surface area contributed by atoms with Gasteiger partial charge in [-0.05, 0) is 37.8 Å². The van der Waals surface area contributed by atoms with Crippen LogP contribution in [0.3, 0.4) is 0 Å². The first kappa shape index (κ1) is 11.0. The Morgan fingerprint density at radius 3 is 2.79 bits per heavy atom. The van der Waals surface area contributed by atoms with Crippen LogP contribution < -0.4 is 5.32 Å². The summed E-state index contributed by atoms with van der Waals surface area (Å²) < 4.78 is 2.10. The monoisotopic (exact) mass is 255 g/mol. The van der Waals surface area contributed by atoms with Gasteiger partial charge < -0.3 is 9.88 Å². The number of hydrogen-bond acceptors (Lipinski definition) is 2. The highest BCUT2D eigenvalue weighted by molar-refractivity contribution is 5.81. The van der Waals surface area contributed by atoms with Crippen molar-refractivity contribution in [3.05, 3.63) is 30.1 Å². The molecule has 0 atom stereocenters. The summed E-state index contributed by atoms with van der Waals surface area (Å²) >= 11 is 0. The summed E-state index contributed by atoms with van der Waals surface area (Å²) in [6.07, 6.45) is 4.67. The lowest BCUT2D eigenvalue weighted by molar-refractivity contribution is -0.121. The average molecular weight is 255 g/mol. The van der Waals surface area contributed by atoms with Gasteiger partial charge in [0, 0.05) is 12.0 Å². The van der Waals surface area contributed by atoms with Crippen LogP contribution in [0.5, 0.6) is 0 Å².